The zero-order valence-electron chi connectivity index (χ0n) is 6.52. The first-order valence-electron chi connectivity index (χ1n) is 3.05. The second-order valence-corrected chi connectivity index (χ2v) is 5.20. The highest BCUT2D eigenvalue weighted by Crippen LogP contribution is 2.08. The Labute approximate surface area is 67.6 Å². The third-order valence-electron chi connectivity index (χ3n) is 1.15. The van der Waals surface area contributed by atoms with E-state index in [-0.39, 0.29) is 0 Å². The van der Waals surface area contributed by atoms with E-state index in [0.29, 0.717) is 12.1 Å². The molecule has 0 unspecified atom stereocenters. The fourth-order valence-electron chi connectivity index (χ4n) is 0.569. The molecule has 0 saturated carbocycles. The summed E-state index contributed by atoms with van der Waals surface area (Å²) in [4.78, 5) is 0. The topological polar surface area (TPSA) is 27.7 Å². The summed E-state index contributed by atoms with van der Waals surface area (Å²) >= 11 is 5.59. The molecule has 0 rings (SSSR count). The largest absolute Gasteiger partial charge is 0.515 e. The number of rotatable bonds is 5. The summed E-state index contributed by atoms with van der Waals surface area (Å²) in [7, 11) is 0.647. The molecular formula is C5H13ClO3Si. The van der Waals surface area contributed by atoms with Crippen LogP contribution in [0.15, 0.2) is 0 Å². The van der Waals surface area contributed by atoms with Crippen LogP contribution < -0.4 is 0 Å². The Bertz CT molecular complexity index is 78.7. The maximum Gasteiger partial charge on any atom is 0.515 e. The Morgan fingerprint density at radius 2 is 1.80 bits per heavy atom. The molecular weight excluding hydrogens is 172 g/mol. The highest BCUT2D eigenvalue weighted by molar-refractivity contribution is 6.68. The zero-order chi connectivity index (χ0) is 8.04. The van der Waals surface area contributed by atoms with Gasteiger partial charge < -0.3 is 13.3 Å². The van der Waals surface area contributed by atoms with Gasteiger partial charge in [-0.15, -0.1) is 11.6 Å². The third-order valence-corrected chi connectivity index (χ3v) is 4.43. The first kappa shape index (κ1) is 10.4. The second-order valence-electron chi connectivity index (χ2n) is 1.66. The van der Waals surface area contributed by atoms with Crippen LogP contribution in [0.25, 0.3) is 0 Å². The van der Waals surface area contributed by atoms with Crippen molar-refractivity contribution in [3.63, 3.8) is 0 Å². The average Bonchev–Trinajstić information content (AvgIpc) is 2.01. The molecule has 0 aliphatic heterocycles. The van der Waals surface area contributed by atoms with Gasteiger partial charge in [0.1, 0.15) is 0 Å². The van der Waals surface area contributed by atoms with Crippen molar-refractivity contribution in [2.75, 3.05) is 26.3 Å². The van der Waals surface area contributed by atoms with E-state index in [0.717, 1.165) is 0 Å². The molecule has 0 fully saturated rings. The Balaban J connectivity index is 3.87. The van der Waals surface area contributed by atoms with E-state index in [1.807, 2.05) is 6.92 Å². The van der Waals surface area contributed by atoms with Gasteiger partial charge in [0.05, 0.1) is 5.50 Å². The molecule has 0 amide bonds. The van der Waals surface area contributed by atoms with E-state index in [9.17, 15) is 0 Å². The van der Waals surface area contributed by atoms with Gasteiger partial charge >= 0.3 is 8.80 Å². The maximum absolute atomic E-state index is 5.59. The minimum Gasteiger partial charge on any atom is -0.376 e. The molecule has 0 aromatic heterocycles. The lowest BCUT2D eigenvalue weighted by Crippen LogP contribution is -2.46. The highest BCUT2D eigenvalue weighted by atomic mass is 35.5. The summed E-state index contributed by atoms with van der Waals surface area (Å²) in [5.41, 5.74) is 0.299. The van der Waals surface area contributed by atoms with E-state index in [1.165, 1.54) is 0 Å². The first-order chi connectivity index (χ1) is 4.74. The van der Waals surface area contributed by atoms with Crippen molar-refractivity contribution in [2.24, 2.45) is 0 Å². The quantitative estimate of drug-likeness (QED) is 0.472. The van der Waals surface area contributed by atoms with Crippen molar-refractivity contribution >= 4 is 20.4 Å². The van der Waals surface area contributed by atoms with Crippen molar-refractivity contribution in [3.05, 3.63) is 0 Å². The van der Waals surface area contributed by atoms with Crippen LogP contribution in [0.5, 0.6) is 0 Å². The Morgan fingerprint density at radius 1 is 1.30 bits per heavy atom. The molecule has 0 aromatic carbocycles. The fraction of sp³-hybridized carbons (Fsp3) is 1.00. The molecule has 0 N–H and O–H groups in total. The minimum absolute atomic E-state index is 0.299. The summed E-state index contributed by atoms with van der Waals surface area (Å²) in [5, 5.41) is 0. The Morgan fingerprint density at radius 3 is 1.90 bits per heavy atom. The molecule has 0 radical (unpaired) electrons. The number of alkyl halides is 1. The van der Waals surface area contributed by atoms with E-state index in [1.54, 1.807) is 14.2 Å². The lowest BCUT2D eigenvalue weighted by Gasteiger charge is -2.22. The smallest absolute Gasteiger partial charge is 0.376 e. The van der Waals surface area contributed by atoms with Gasteiger partial charge in [-0.25, -0.2) is 0 Å². The molecule has 5 heteroatoms. The second kappa shape index (κ2) is 5.09. The first-order valence-corrected chi connectivity index (χ1v) is 5.51. The van der Waals surface area contributed by atoms with Gasteiger partial charge in [-0.3, -0.25) is 0 Å². The Kier molecular flexibility index (Phi) is 5.29. The molecule has 0 aliphatic rings. The van der Waals surface area contributed by atoms with Crippen molar-refractivity contribution < 1.29 is 13.3 Å². The summed E-state index contributed by atoms with van der Waals surface area (Å²) in [5.74, 6) is 0. The van der Waals surface area contributed by atoms with Crippen LogP contribution in [0.1, 0.15) is 6.92 Å². The minimum atomic E-state index is -2.45. The van der Waals surface area contributed by atoms with Gasteiger partial charge in [0.25, 0.3) is 0 Å². The highest BCUT2D eigenvalue weighted by Gasteiger charge is 2.37. The number of halogens is 1. The van der Waals surface area contributed by atoms with Gasteiger partial charge in [-0.2, -0.15) is 0 Å². The van der Waals surface area contributed by atoms with E-state index >= 15 is 0 Å². The standard InChI is InChI=1S/C5H13ClO3Si/c1-4-9-10(5-6,7-2)8-3/h4-5H2,1-3H3. The van der Waals surface area contributed by atoms with Crippen molar-refractivity contribution in [1.29, 1.82) is 0 Å². The van der Waals surface area contributed by atoms with Crippen LogP contribution >= 0.6 is 11.6 Å². The number of hydrogen-bond donors (Lipinski definition) is 0. The molecule has 0 heterocycles. The zero-order valence-corrected chi connectivity index (χ0v) is 8.27. The van der Waals surface area contributed by atoms with Crippen LogP contribution in [-0.2, 0) is 13.3 Å². The van der Waals surface area contributed by atoms with Gasteiger partial charge in [0.2, 0.25) is 0 Å². The van der Waals surface area contributed by atoms with Crippen LogP contribution in [0.2, 0.25) is 0 Å². The van der Waals surface area contributed by atoms with Gasteiger partial charge in [0.15, 0.2) is 0 Å². The summed E-state index contributed by atoms with van der Waals surface area (Å²) in [6.07, 6.45) is 0. The van der Waals surface area contributed by atoms with E-state index < -0.39 is 8.80 Å². The fourth-order valence-corrected chi connectivity index (χ4v) is 2.59. The monoisotopic (exact) mass is 184 g/mol. The van der Waals surface area contributed by atoms with Crippen molar-refractivity contribution in [2.45, 2.75) is 6.92 Å². The van der Waals surface area contributed by atoms with Crippen LogP contribution in [0.3, 0.4) is 0 Å². The van der Waals surface area contributed by atoms with Crippen LogP contribution in [0, 0.1) is 0 Å². The van der Waals surface area contributed by atoms with Crippen molar-refractivity contribution in [1.82, 2.24) is 0 Å². The van der Waals surface area contributed by atoms with E-state index in [2.05, 4.69) is 0 Å². The summed E-state index contributed by atoms with van der Waals surface area (Å²) in [6.45, 7) is 2.45. The normalized spacial score (nSPS) is 12.0. The molecule has 0 aromatic rings. The molecule has 10 heavy (non-hydrogen) atoms. The third kappa shape index (κ3) is 2.55. The maximum atomic E-state index is 5.59. The Hall–Kier alpha value is 0.387. The predicted molar refractivity (Wildman–Crippen MR) is 42.1 cm³/mol. The SMILES string of the molecule is CCO[Si](CCl)(OC)OC. The molecule has 3 nitrogen and oxygen atoms in total. The predicted octanol–water partition coefficient (Wildman–Crippen LogP) is 1.03. The number of hydrogen-bond acceptors (Lipinski definition) is 3. The molecule has 0 atom stereocenters. The molecule has 0 bridgehead atoms. The summed E-state index contributed by atoms with van der Waals surface area (Å²) in [6, 6.07) is 0. The van der Waals surface area contributed by atoms with E-state index in [4.69, 9.17) is 24.9 Å². The lowest BCUT2D eigenvalue weighted by atomic mass is 10.9. The average molecular weight is 185 g/mol. The molecule has 0 spiro atoms. The van der Waals surface area contributed by atoms with Gasteiger partial charge in [-0.1, -0.05) is 0 Å². The molecule has 62 valence electrons. The molecule has 0 saturated heterocycles. The van der Waals surface area contributed by atoms with Crippen LogP contribution in [0.4, 0.5) is 0 Å². The molecule has 0 aliphatic carbocycles. The van der Waals surface area contributed by atoms with Crippen LogP contribution in [-0.4, -0.2) is 35.1 Å². The van der Waals surface area contributed by atoms with Crippen molar-refractivity contribution in [3.8, 4) is 0 Å². The summed E-state index contributed by atoms with van der Waals surface area (Å²) < 4.78 is 15.3. The lowest BCUT2D eigenvalue weighted by molar-refractivity contribution is 0.110. The van der Waals surface area contributed by atoms with Gasteiger partial charge in [0, 0.05) is 20.8 Å². The van der Waals surface area contributed by atoms with Gasteiger partial charge in [-0.05, 0) is 6.92 Å².